The summed E-state index contributed by atoms with van der Waals surface area (Å²) in [6.45, 7) is 9.15. The zero-order valence-electron chi connectivity index (χ0n) is 17.5. The third-order valence-electron chi connectivity index (χ3n) is 4.38. The molecule has 0 N–H and O–H groups in total. The van der Waals surface area contributed by atoms with Crippen LogP contribution in [0.15, 0.2) is 30.3 Å². The van der Waals surface area contributed by atoms with Crippen molar-refractivity contribution < 1.29 is 23.9 Å². The predicted molar refractivity (Wildman–Crippen MR) is 112 cm³/mol. The van der Waals surface area contributed by atoms with Crippen LogP contribution in [0.25, 0.3) is 0 Å². The number of rotatable bonds is 6. The maximum Gasteiger partial charge on any atom is 0.331 e. The Labute approximate surface area is 175 Å². The van der Waals surface area contributed by atoms with Gasteiger partial charge in [0.05, 0.1) is 6.54 Å². The number of carbonyl (C=O) groups excluding carboxylic acids is 4. The molecule has 1 aromatic carbocycles. The topological polar surface area (TPSA) is 84.0 Å². The lowest BCUT2D eigenvalue weighted by molar-refractivity contribution is -0.162. The lowest BCUT2D eigenvalue weighted by Crippen LogP contribution is -2.48. The smallest absolute Gasteiger partial charge is 0.331 e. The Bertz CT molecular complexity index is 775. The van der Waals surface area contributed by atoms with Crippen molar-refractivity contribution in [1.82, 2.24) is 9.80 Å². The summed E-state index contributed by atoms with van der Waals surface area (Å²) in [7, 11) is 0. The van der Waals surface area contributed by atoms with E-state index in [0.717, 1.165) is 16.7 Å². The number of esters is 1. The van der Waals surface area contributed by atoms with Gasteiger partial charge in [-0.15, -0.1) is 0 Å². The minimum atomic E-state index is -0.980. The molecule has 0 saturated carbocycles. The molecule has 3 amide bonds. The molecule has 7 nitrogen and oxygen atoms in total. The normalized spacial score (nSPS) is 18.0. The van der Waals surface area contributed by atoms with Crippen LogP contribution in [0.5, 0.6) is 0 Å². The second-order valence-corrected chi connectivity index (χ2v) is 8.94. The molecule has 0 radical (unpaired) electrons. The molecule has 0 bridgehead atoms. The molecule has 1 aliphatic rings. The summed E-state index contributed by atoms with van der Waals surface area (Å²) in [5, 5.41) is -0.142. The van der Waals surface area contributed by atoms with Crippen molar-refractivity contribution in [3.8, 4) is 0 Å². The number of amides is 3. The van der Waals surface area contributed by atoms with Crippen molar-refractivity contribution in [2.45, 2.75) is 46.3 Å². The van der Waals surface area contributed by atoms with Gasteiger partial charge in [-0.2, -0.15) is 0 Å². The predicted octanol–water partition coefficient (Wildman–Crippen LogP) is 3.19. The first kappa shape index (κ1) is 22.9. The maximum absolute atomic E-state index is 13.0. The summed E-state index contributed by atoms with van der Waals surface area (Å²) >= 11 is 1.02. The molecule has 8 heteroatoms. The van der Waals surface area contributed by atoms with E-state index in [1.165, 1.54) is 4.90 Å². The van der Waals surface area contributed by atoms with Gasteiger partial charge in [0.25, 0.3) is 0 Å². The van der Waals surface area contributed by atoms with Crippen LogP contribution in [0, 0.1) is 5.92 Å². The molecule has 1 aromatic rings. The zero-order valence-corrected chi connectivity index (χ0v) is 18.3. The molecule has 0 aliphatic carbocycles. The van der Waals surface area contributed by atoms with Gasteiger partial charge in [0, 0.05) is 23.8 Å². The summed E-state index contributed by atoms with van der Waals surface area (Å²) in [4.78, 5) is 53.0. The van der Waals surface area contributed by atoms with Crippen molar-refractivity contribution >= 4 is 34.8 Å². The van der Waals surface area contributed by atoms with Crippen LogP contribution in [0.3, 0.4) is 0 Å². The fourth-order valence-electron chi connectivity index (χ4n) is 2.88. The van der Waals surface area contributed by atoms with Crippen LogP contribution in [0.2, 0.25) is 0 Å². The maximum atomic E-state index is 13.0. The van der Waals surface area contributed by atoms with E-state index in [1.54, 1.807) is 58.9 Å². The number of benzene rings is 1. The second kappa shape index (κ2) is 9.43. The van der Waals surface area contributed by atoms with Crippen LogP contribution >= 0.6 is 11.8 Å². The lowest BCUT2D eigenvalue weighted by atomic mass is 10.1. The lowest BCUT2D eigenvalue weighted by Gasteiger charge is -2.26. The molecule has 2 rings (SSSR count). The Morgan fingerprint density at radius 3 is 2.38 bits per heavy atom. The molecule has 158 valence electrons. The molecule has 29 heavy (non-hydrogen) atoms. The summed E-state index contributed by atoms with van der Waals surface area (Å²) in [6.07, 6.45) is 0. The van der Waals surface area contributed by atoms with Crippen molar-refractivity contribution in [3.05, 3.63) is 35.9 Å². The van der Waals surface area contributed by atoms with E-state index in [0.29, 0.717) is 12.1 Å². The number of imide groups is 1. The molecule has 0 unspecified atom stereocenters. The fourth-order valence-corrected chi connectivity index (χ4v) is 3.73. The van der Waals surface area contributed by atoms with E-state index in [4.69, 9.17) is 4.74 Å². The quantitative estimate of drug-likeness (QED) is 0.657. The molecule has 1 fully saturated rings. The van der Waals surface area contributed by atoms with Gasteiger partial charge in [0.15, 0.2) is 6.04 Å². The molecule has 0 spiro atoms. The second-order valence-electron chi connectivity index (χ2n) is 7.94. The van der Waals surface area contributed by atoms with Gasteiger partial charge in [0.2, 0.25) is 11.0 Å². The van der Waals surface area contributed by atoms with Crippen LogP contribution in [0.4, 0.5) is 4.79 Å². The number of carbonyl (C=O) groups is 4. The average Bonchev–Trinajstić information content (AvgIpc) is 3.01. The zero-order chi connectivity index (χ0) is 21.8. The monoisotopic (exact) mass is 420 g/mol. The van der Waals surface area contributed by atoms with Crippen molar-refractivity contribution in [2.75, 3.05) is 18.8 Å². The molecule has 1 heterocycles. The van der Waals surface area contributed by atoms with Crippen LogP contribution in [-0.2, 0) is 14.3 Å². The van der Waals surface area contributed by atoms with Gasteiger partial charge in [-0.25, -0.2) is 14.5 Å². The Morgan fingerprint density at radius 2 is 1.83 bits per heavy atom. The number of urea groups is 1. The standard InChI is InChI=1S/C21H28N2O5S/c1-6-22-12-16(18(25)28-21(3,4)5)23(20(22)27)17(24)14(2)13-29-19(26)15-10-8-7-9-11-15/h7-11,14,16H,6,12-13H2,1-5H3/t14-,16+/m1/s1. The number of thioether (sulfide) groups is 1. The van der Waals surface area contributed by atoms with Gasteiger partial charge in [-0.1, -0.05) is 49.0 Å². The minimum absolute atomic E-state index is 0.110. The van der Waals surface area contributed by atoms with Crippen molar-refractivity contribution in [2.24, 2.45) is 5.92 Å². The molecular formula is C21H28N2O5S. The highest BCUT2D eigenvalue weighted by atomic mass is 32.2. The van der Waals surface area contributed by atoms with Crippen LogP contribution in [-0.4, -0.2) is 63.3 Å². The van der Waals surface area contributed by atoms with Gasteiger partial charge in [-0.3, -0.25) is 9.59 Å². The first-order valence-electron chi connectivity index (χ1n) is 9.62. The van der Waals surface area contributed by atoms with E-state index in [-0.39, 0.29) is 17.4 Å². The van der Waals surface area contributed by atoms with Crippen molar-refractivity contribution in [1.29, 1.82) is 0 Å². The third-order valence-corrected chi connectivity index (χ3v) is 5.54. The largest absolute Gasteiger partial charge is 0.458 e. The van der Waals surface area contributed by atoms with Gasteiger partial charge < -0.3 is 9.64 Å². The highest BCUT2D eigenvalue weighted by molar-refractivity contribution is 8.14. The van der Waals surface area contributed by atoms with Gasteiger partial charge >= 0.3 is 12.0 Å². The van der Waals surface area contributed by atoms with Gasteiger partial charge in [-0.05, 0) is 27.7 Å². The Balaban J connectivity index is 2.09. The van der Waals surface area contributed by atoms with E-state index in [1.807, 2.05) is 6.07 Å². The van der Waals surface area contributed by atoms with Gasteiger partial charge in [0.1, 0.15) is 5.60 Å². The highest BCUT2D eigenvalue weighted by Crippen LogP contribution is 2.24. The Hall–Kier alpha value is -2.35. The number of likely N-dealkylation sites (N-methyl/N-ethyl adjacent to an activating group) is 1. The highest BCUT2D eigenvalue weighted by Gasteiger charge is 2.47. The van der Waals surface area contributed by atoms with Crippen LogP contribution < -0.4 is 0 Å². The summed E-state index contributed by atoms with van der Waals surface area (Å²) < 4.78 is 5.41. The molecule has 0 aromatic heterocycles. The van der Waals surface area contributed by atoms with Crippen LogP contribution in [0.1, 0.15) is 45.0 Å². The number of hydrogen-bond acceptors (Lipinski definition) is 6. The third kappa shape index (κ3) is 5.82. The summed E-state index contributed by atoms with van der Waals surface area (Å²) in [5.74, 6) is -1.48. The number of hydrogen-bond donors (Lipinski definition) is 0. The molecule has 1 saturated heterocycles. The molecule has 2 atom stereocenters. The Morgan fingerprint density at radius 1 is 1.21 bits per heavy atom. The minimum Gasteiger partial charge on any atom is -0.458 e. The van der Waals surface area contributed by atoms with Crippen molar-refractivity contribution in [3.63, 3.8) is 0 Å². The average molecular weight is 421 g/mol. The summed E-state index contributed by atoms with van der Waals surface area (Å²) in [6, 6.07) is 7.31. The van der Waals surface area contributed by atoms with E-state index < -0.39 is 35.5 Å². The molecule has 1 aliphatic heterocycles. The molecular weight excluding hydrogens is 392 g/mol. The SMILES string of the molecule is CCN1C[C@@H](C(=O)OC(C)(C)C)N(C(=O)[C@H](C)CSC(=O)c2ccccc2)C1=O. The number of ether oxygens (including phenoxy) is 1. The Kier molecular flexibility index (Phi) is 7.46. The number of nitrogens with zero attached hydrogens (tertiary/aromatic N) is 2. The first-order chi connectivity index (χ1) is 13.5. The van der Waals surface area contributed by atoms with E-state index in [9.17, 15) is 19.2 Å². The summed E-state index contributed by atoms with van der Waals surface area (Å²) in [5.41, 5.74) is -0.170. The van der Waals surface area contributed by atoms with E-state index >= 15 is 0 Å². The van der Waals surface area contributed by atoms with E-state index in [2.05, 4.69) is 0 Å². The first-order valence-corrected chi connectivity index (χ1v) is 10.6. The fraction of sp³-hybridized carbons (Fsp3) is 0.524.